The van der Waals surface area contributed by atoms with Crippen LogP contribution in [-0.4, -0.2) is 42.5 Å². The zero-order valence-corrected chi connectivity index (χ0v) is 13.3. The van der Waals surface area contributed by atoms with Crippen molar-refractivity contribution in [3.05, 3.63) is 33.8 Å². The van der Waals surface area contributed by atoms with E-state index in [0.717, 1.165) is 19.5 Å². The Balaban J connectivity index is 2.29. The van der Waals surface area contributed by atoms with Crippen molar-refractivity contribution >= 4 is 29.0 Å². The van der Waals surface area contributed by atoms with E-state index in [1.807, 2.05) is 13.8 Å². The second-order valence-electron chi connectivity index (χ2n) is 5.18. The Morgan fingerprint density at radius 2 is 1.95 bits per heavy atom. The molecular formula is C15H19Cl2NO2. The first kappa shape index (κ1) is 15.8. The molecule has 0 spiro atoms. The molecule has 1 atom stereocenters. The quantitative estimate of drug-likeness (QED) is 0.794. The third-order valence-corrected chi connectivity index (χ3v) is 4.81. The van der Waals surface area contributed by atoms with Gasteiger partial charge in [-0.15, -0.1) is 0 Å². The first-order valence-electron chi connectivity index (χ1n) is 6.81. The predicted molar refractivity (Wildman–Crippen MR) is 81.9 cm³/mol. The molecular weight excluding hydrogens is 297 g/mol. The summed E-state index contributed by atoms with van der Waals surface area (Å²) in [4.78, 5) is 15.1. The highest BCUT2D eigenvalue weighted by Gasteiger charge is 2.38. The number of Topliss-reactive ketones (excluding diaryl/α,β-unsaturated/α-hetero) is 1. The van der Waals surface area contributed by atoms with Crippen molar-refractivity contribution in [2.75, 3.05) is 26.3 Å². The molecule has 1 heterocycles. The van der Waals surface area contributed by atoms with Crippen LogP contribution in [0.5, 0.6) is 0 Å². The summed E-state index contributed by atoms with van der Waals surface area (Å²) < 4.78 is 5.37. The molecule has 0 amide bonds. The highest BCUT2D eigenvalue weighted by atomic mass is 35.5. The maximum atomic E-state index is 12.9. The molecule has 0 radical (unpaired) electrons. The van der Waals surface area contributed by atoms with E-state index in [9.17, 15) is 4.79 Å². The molecule has 2 rings (SSSR count). The SMILES string of the molecule is CCC(C)(C(=O)c1ccc(Cl)c(Cl)c1)N1CCOCC1. The van der Waals surface area contributed by atoms with Gasteiger partial charge in [0.25, 0.3) is 0 Å². The largest absolute Gasteiger partial charge is 0.379 e. The van der Waals surface area contributed by atoms with Crippen molar-refractivity contribution in [2.45, 2.75) is 25.8 Å². The van der Waals surface area contributed by atoms with Gasteiger partial charge in [0.05, 0.1) is 28.8 Å². The number of halogens is 2. The minimum absolute atomic E-state index is 0.0838. The van der Waals surface area contributed by atoms with Crippen LogP contribution in [0.3, 0.4) is 0 Å². The average Bonchev–Trinajstić information content (AvgIpc) is 2.49. The molecule has 1 aliphatic heterocycles. The summed E-state index contributed by atoms with van der Waals surface area (Å²) in [6.07, 6.45) is 0.742. The summed E-state index contributed by atoms with van der Waals surface area (Å²) in [6, 6.07) is 5.07. The van der Waals surface area contributed by atoms with Crippen LogP contribution in [-0.2, 0) is 4.74 Å². The third kappa shape index (κ3) is 3.01. The number of nitrogens with zero attached hydrogens (tertiary/aromatic N) is 1. The highest BCUT2D eigenvalue weighted by Crippen LogP contribution is 2.29. The summed E-state index contributed by atoms with van der Waals surface area (Å²) in [7, 11) is 0. The maximum absolute atomic E-state index is 12.9. The summed E-state index contributed by atoms with van der Waals surface area (Å²) in [5, 5.41) is 0.880. The molecule has 1 unspecified atom stereocenters. The van der Waals surface area contributed by atoms with Crippen molar-refractivity contribution in [3.8, 4) is 0 Å². The maximum Gasteiger partial charge on any atom is 0.182 e. The number of carbonyl (C=O) groups excluding carboxylic acids is 1. The average molecular weight is 316 g/mol. The second kappa shape index (κ2) is 6.44. The number of hydrogen-bond donors (Lipinski definition) is 0. The summed E-state index contributed by atoms with van der Waals surface area (Å²) in [5.74, 6) is 0.0838. The standard InChI is InChI=1S/C15H19Cl2NO2/c1-3-15(2,18-6-8-20-9-7-18)14(19)11-4-5-12(16)13(17)10-11/h4-5,10H,3,6-9H2,1-2H3. The fourth-order valence-corrected chi connectivity index (χ4v) is 2.83. The minimum atomic E-state index is -0.527. The Hall–Kier alpha value is -0.610. The van der Waals surface area contributed by atoms with E-state index in [2.05, 4.69) is 4.90 Å². The van der Waals surface area contributed by atoms with Crippen LogP contribution >= 0.6 is 23.2 Å². The Morgan fingerprint density at radius 3 is 2.50 bits per heavy atom. The number of benzene rings is 1. The first-order chi connectivity index (χ1) is 9.49. The number of rotatable bonds is 4. The van der Waals surface area contributed by atoms with Crippen LogP contribution < -0.4 is 0 Å². The van der Waals surface area contributed by atoms with E-state index in [-0.39, 0.29) is 5.78 Å². The van der Waals surface area contributed by atoms with Crippen LogP contribution in [0.25, 0.3) is 0 Å². The molecule has 1 aromatic carbocycles. The van der Waals surface area contributed by atoms with Crippen molar-refractivity contribution in [1.29, 1.82) is 0 Å². The van der Waals surface area contributed by atoms with E-state index in [4.69, 9.17) is 27.9 Å². The van der Waals surface area contributed by atoms with Gasteiger partial charge < -0.3 is 4.74 Å². The molecule has 1 fully saturated rings. The fourth-order valence-electron chi connectivity index (χ4n) is 2.53. The molecule has 1 aromatic rings. The lowest BCUT2D eigenvalue weighted by Crippen LogP contribution is -2.56. The fraction of sp³-hybridized carbons (Fsp3) is 0.533. The van der Waals surface area contributed by atoms with Crippen molar-refractivity contribution in [3.63, 3.8) is 0 Å². The summed E-state index contributed by atoms with van der Waals surface area (Å²) >= 11 is 11.9. The van der Waals surface area contributed by atoms with Crippen LogP contribution in [0.2, 0.25) is 10.0 Å². The van der Waals surface area contributed by atoms with Crippen LogP contribution in [0.4, 0.5) is 0 Å². The minimum Gasteiger partial charge on any atom is -0.379 e. The number of carbonyl (C=O) groups is 1. The van der Waals surface area contributed by atoms with Gasteiger partial charge in [-0.1, -0.05) is 30.1 Å². The number of ether oxygens (including phenoxy) is 1. The Labute approximate surface area is 129 Å². The lowest BCUT2D eigenvalue weighted by atomic mass is 9.86. The molecule has 0 N–H and O–H groups in total. The molecule has 1 saturated heterocycles. The topological polar surface area (TPSA) is 29.5 Å². The molecule has 0 aliphatic carbocycles. The Kier molecular flexibility index (Phi) is 5.08. The van der Waals surface area contributed by atoms with E-state index in [0.29, 0.717) is 28.8 Å². The van der Waals surface area contributed by atoms with E-state index in [1.165, 1.54) is 0 Å². The number of ketones is 1. The second-order valence-corrected chi connectivity index (χ2v) is 6.00. The lowest BCUT2D eigenvalue weighted by Gasteiger charge is -2.41. The van der Waals surface area contributed by atoms with Gasteiger partial charge in [0.15, 0.2) is 5.78 Å². The van der Waals surface area contributed by atoms with E-state index < -0.39 is 5.54 Å². The Morgan fingerprint density at radius 1 is 1.30 bits per heavy atom. The van der Waals surface area contributed by atoms with E-state index in [1.54, 1.807) is 18.2 Å². The van der Waals surface area contributed by atoms with Crippen LogP contribution in [0, 0.1) is 0 Å². The molecule has 0 aromatic heterocycles. The zero-order valence-electron chi connectivity index (χ0n) is 11.8. The van der Waals surface area contributed by atoms with Gasteiger partial charge in [0.1, 0.15) is 0 Å². The first-order valence-corrected chi connectivity index (χ1v) is 7.57. The zero-order chi connectivity index (χ0) is 14.8. The summed E-state index contributed by atoms with van der Waals surface area (Å²) in [6.45, 7) is 6.91. The molecule has 5 heteroatoms. The van der Waals surface area contributed by atoms with Crippen molar-refractivity contribution in [2.24, 2.45) is 0 Å². The van der Waals surface area contributed by atoms with Gasteiger partial charge in [0, 0.05) is 18.7 Å². The normalized spacial score (nSPS) is 19.6. The highest BCUT2D eigenvalue weighted by molar-refractivity contribution is 6.42. The van der Waals surface area contributed by atoms with Gasteiger partial charge in [-0.2, -0.15) is 0 Å². The van der Waals surface area contributed by atoms with Crippen LogP contribution in [0.1, 0.15) is 30.6 Å². The molecule has 3 nitrogen and oxygen atoms in total. The number of morpholine rings is 1. The molecule has 1 aliphatic rings. The van der Waals surface area contributed by atoms with Gasteiger partial charge in [0.2, 0.25) is 0 Å². The molecule has 20 heavy (non-hydrogen) atoms. The molecule has 110 valence electrons. The predicted octanol–water partition coefficient (Wildman–Crippen LogP) is 3.68. The number of hydrogen-bond acceptors (Lipinski definition) is 3. The third-order valence-electron chi connectivity index (χ3n) is 4.07. The van der Waals surface area contributed by atoms with Gasteiger partial charge in [-0.3, -0.25) is 9.69 Å². The monoisotopic (exact) mass is 315 g/mol. The Bertz CT molecular complexity index is 501. The smallest absolute Gasteiger partial charge is 0.182 e. The molecule has 0 saturated carbocycles. The van der Waals surface area contributed by atoms with Gasteiger partial charge in [-0.25, -0.2) is 0 Å². The van der Waals surface area contributed by atoms with Crippen molar-refractivity contribution in [1.82, 2.24) is 4.90 Å². The van der Waals surface area contributed by atoms with Gasteiger partial charge >= 0.3 is 0 Å². The molecule has 0 bridgehead atoms. The summed E-state index contributed by atoms with van der Waals surface area (Å²) in [5.41, 5.74) is 0.0799. The van der Waals surface area contributed by atoms with E-state index >= 15 is 0 Å². The van der Waals surface area contributed by atoms with Crippen LogP contribution in [0.15, 0.2) is 18.2 Å². The lowest BCUT2D eigenvalue weighted by molar-refractivity contribution is -0.0106. The van der Waals surface area contributed by atoms with Crippen molar-refractivity contribution < 1.29 is 9.53 Å². The van der Waals surface area contributed by atoms with Gasteiger partial charge in [-0.05, 0) is 31.5 Å².